The monoisotopic (exact) mass is 265 g/mol. The van der Waals surface area contributed by atoms with Gasteiger partial charge in [-0.15, -0.1) is 11.6 Å². The molecule has 96 valence electrons. The molecule has 4 nitrogen and oxygen atoms in total. The molecule has 5 heteroatoms. The van der Waals surface area contributed by atoms with Crippen LogP contribution in [0.15, 0.2) is 34.9 Å². The summed E-state index contributed by atoms with van der Waals surface area (Å²) in [4.78, 5) is 6.36. The number of rotatable bonds is 5. The highest BCUT2D eigenvalue weighted by Crippen LogP contribution is 2.28. The van der Waals surface area contributed by atoms with Crippen molar-refractivity contribution in [2.45, 2.75) is 19.2 Å². The summed E-state index contributed by atoms with van der Waals surface area (Å²) >= 11 is 6.32. The Hall–Kier alpha value is -1.55. The molecule has 0 aliphatic rings. The number of hydrogen-bond acceptors (Lipinski definition) is 4. The second-order valence-corrected chi connectivity index (χ2v) is 4.31. The van der Waals surface area contributed by atoms with Gasteiger partial charge >= 0.3 is 0 Å². The average Bonchev–Trinajstić information content (AvgIpc) is 2.90. The molecule has 1 heterocycles. The maximum Gasteiger partial charge on any atom is 0.266 e. The predicted molar refractivity (Wildman–Crippen MR) is 72.0 cm³/mol. The van der Waals surface area contributed by atoms with Crippen LogP contribution in [0.4, 0.5) is 5.95 Å². The lowest BCUT2D eigenvalue weighted by atomic mass is 10.1. The van der Waals surface area contributed by atoms with E-state index in [9.17, 15) is 0 Å². The first-order valence-corrected chi connectivity index (χ1v) is 6.47. The molecule has 0 saturated carbocycles. The first-order chi connectivity index (χ1) is 8.76. The smallest absolute Gasteiger partial charge is 0.266 e. The zero-order valence-corrected chi connectivity index (χ0v) is 11.3. The molecule has 1 aromatic carbocycles. The molecule has 0 radical (unpaired) electrons. The molecule has 2 aromatic rings. The van der Waals surface area contributed by atoms with Crippen molar-refractivity contribution in [3.05, 3.63) is 41.8 Å². The Morgan fingerprint density at radius 1 is 1.22 bits per heavy atom. The summed E-state index contributed by atoms with van der Waals surface area (Å²) in [6, 6.07) is 9.71. The molecule has 0 amide bonds. The standard InChI is InChI=1S/C13H16ClN3O/c1-3-17(4-2)13-15-12(18-16-13)11(14)10-8-6-5-7-9-10/h5-9,11H,3-4H2,1-2H3. The van der Waals surface area contributed by atoms with E-state index in [-0.39, 0.29) is 0 Å². The largest absolute Gasteiger partial charge is 0.339 e. The van der Waals surface area contributed by atoms with Crippen LogP contribution in [0.25, 0.3) is 0 Å². The molecule has 0 aliphatic carbocycles. The first kappa shape index (κ1) is 12.9. The minimum atomic E-state index is -0.400. The van der Waals surface area contributed by atoms with Crippen LogP contribution in [0.1, 0.15) is 30.7 Å². The molecule has 0 N–H and O–H groups in total. The van der Waals surface area contributed by atoms with Crippen LogP contribution in [0.5, 0.6) is 0 Å². The van der Waals surface area contributed by atoms with E-state index < -0.39 is 5.38 Å². The van der Waals surface area contributed by atoms with Crippen LogP contribution in [-0.4, -0.2) is 23.2 Å². The Morgan fingerprint density at radius 3 is 2.50 bits per heavy atom. The van der Waals surface area contributed by atoms with E-state index >= 15 is 0 Å². The molecule has 0 fully saturated rings. The Balaban J connectivity index is 2.20. The number of nitrogens with zero attached hydrogens (tertiary/aromatic N) is 3. The van der Waals surface area contributed by atoms with Crippen LogP contribution < -0.4 is 4.90 Å². The minimum absolute atomic E-state index is 0.400. The zero-order valence-electron chi connectivity index (χ0n) is 10.5. The van der Waals surface area contributed by atoms with Crippen LogP contribution in [0.2, 0.25) is 0 Å². The average molecular weight is 266 g/mol. The number of benzene rings is 1. The number of aromatic nitrogens is 2. The highest BCUT2D eigenvalue weighted by atomic mass is 35.5. The maximum atomic E-state index is 6.32. The van der Waals surface area contributed by atoms with Gasteiger partial charge in [-0.05, 0) is 24.6 Å². The van der Waals surface area contributed by atoms with Crippen molar-refractivity contribution < 1.29 is 4.52 Å². The lowest BCUT2D eigenvalue weighted by Gasteiger charge is -2.14. The minimum Gasteiger partial charge on any atom is -0.339 e. The van der Waals surface area contributed by atoms with Crippen LogP contribution >= 0.6 is 11.6 Å². The molecule has 1 unspecified atom stereocenters. The Morgan fingerprint density at radius 2 is 1.89 bits per heavy atom. The Kier molecular flexibility index (Phi) is 4.20. The SMILES string of the molecule is CCN(CC)c1noc(C(Cl)c2ccccc2)n1. The normalized spacial score (nSPS) is 12.4. The summed E-state index contributed by atoms with van der Waals surface area (Å²) in [6.45, 7) is 5.78. The summed E-state index contributed by atoms with van der Waals surface area (Å²) < 4.78 is 5.23. The van der Waals surface area contributed by atoms with Crippen LogP contribution in [0.3, 0.4) is 0 Å². The molecule has 0 spiro atoms. The predicted octanol–water partition coefficient (Wildman–Crippen LogP) is 3.24. The summed E-state index contributed by atoms with van der Waals surface area (Å²) in [5.41, 5.74) is 0.953. The quantitative estimate of drug-likeness (QED) is 0.779. The van der Waals surface area contributed by atoms with Crippen molar-refractivity contribution in [3.8, 4) is 0 Å². The zero-order chi connectivity index (χ0) is 13.0. The Labute approximate surface area is 112 Å². The molecule has 0 bridgehead atoms. The van der Waals surface area contributed by atoms with Gasteiger partial charge in [0.05, 0.1) is 0 Å². The molecular weight excluding hydrogens is 250 g/mol. The van der Waals surface area contributed by atoms with Crippen molar-refractivity contribution in [2.75, 3.05) is 18.0 Å². The second-order valence-electron chi connectivity index (χ2n) is 3.88. The third-order valence-corrected chi connectivity index (χ3v) is 3.22. The molecule has 18 heavy (non-hydrogen) atoms. The van der Waals surface area contributed by atoms with Gasteiger partial charge in [-0.25, -0.2) is 0 Å². The molecule has 1 aromatic heterocycles. The maximum absolute atomic E-state index is 6.32. The van der Waals surface area contributed by atoms with Gasteiger partial charge in [0.25, 0.3) is 11.8 Å². The van der Waals surface area contributed by atoms with E-state index in [0.29, 0.717) is 11.8 Å². The molecule has 1 atom stereocenters. The van der Waals surface area contributed by atoms with E-state index in [1.165, 1.54) is 0 Å². The van der Waals surface area contributed by atoms with Gasteiger partial charge in [0.1, 0.15) is 5.38 Å². The molecule has 0 aliphatic heterocycles. The van der Waals surface area contributed by atoms with Crippen LogP contribution in [0, 0.1) is 0 Å². The number of hydrogen-bond donors (Lipinski definition) is 0. The Bertz CT molecular complexity index is 482. The fourth-order valence-corrected chi connectivity index (χ4v) is 1.96. The highest BCUT2D eigenvalue weighted by molar-refractivity contribution is 6.22. The fourth-order valence-electron chi connectivity index (χ4n) is 1.73. The van der Waals surface area contributed by atoms with Gasteiger partial charge < -0.3 is 9.42 Å². The van der Waals surface area contributed by atoms with Gasteiger partial charge in [-0.2, -0.15) is 4.98 Å². The number of anilines is 1. The van der Waals surface area contributed by atoms with Gasteiger partial charge in [0.15, 0.2) is 0 Å². The van der Waals surface area contributed by atoms with Gasteiger partial charge in [0, 0.05) is 13.1 Å². The lowest BCUT2D eigenvalue weighted by molar-refractivity contribution is 0.381. The van der Waals surface area contributed by atoms with Crippen molar-refractivity contribution in [1.29, 1.82) is 0 Å². The summed E-state index contributed by atoms with van der Waals surface area (Å²) in [5.74, 6) is 1.03. The third kappa shape index (κ3) is 2.64. The van der Waals surface area contributed by atoms with E-state index in [1.807, 2.05) is 35.2 Å². The van der Waals surface area contributed by atoms with Crippen molar-refractivity contribution in [3.63, 3.8) is 0 Å². The first-order valence-electron chi connectivity index (χ1n) is 6.03. The fraction of sp³-hybridized carbons (Fsp3) is 0.385. The van der Waals surface area contributed by atoms with Gasteiger partial charge in [0.2, 0.25) is 0 Å². The van der Waals surface area contributed by atoms with Crippen molar-refractivity contribution in [2.24, 2.45) is 0 Å². The summed E-state index contributed by atoms with van der Waals surface area (Å²) in [5, 5.41) is 3.56. The lowest BCUT2D eigenvalue weighted by Crippen LogP contribution is -2.23. The van der Waals surface area contributed by atoms with Crippen LogP contribution in [-0.2, 0) is 0 Å². The van der Waals surface area contributed by atoms with E-state index in [0.717, 1.165) is 18.7 Å². The number of halogens is 1. The highest BCUT2D eigenvalue weighted by Gasteiger charge is 2.19. The van der Waals surface area contributed by atoms with Crippen molar-refractivity contribution >= 4 is 17.5 Å². The van der Waals surface area contributed by atoms with E-state index in [2.05, 4.69) is 24.0 Å². The van der Waals surface area contributed by atoms with Crippen molar-refractivity contribution in [1.82, 2.24) is 10.1 Å². The summed E-state index contributed by atoms with van der Waals surface area (Å²) in [7, 11) is 0. The van der Waals surface area contributed by atoms with Gasteiger partial charge in [-0.3, -0.25) is 0 Å². The van der Waals surface area contributed by atoms with E-state index in [4.69, 9.17) is 16.1 Å². The topological polar surface area (TPSA) is 42.2 Å². The second kappa shape index (κ2) is 5.87. The molecule has 2 rings (SSSR count). The number of alkyl halides is 1. The van der Waals surface area contributed by atoms with Gasteiger partial charge in [-0.1, -0.05) is 30.3 Å². The molecular formula is C13H16ClN3O. The molecule has 0 saturated heterocycles. The third-order valence-electron chi connectivity index (χ3n) is 2.79. The summed E-state index contributed by atoms with van der Waals surface area (Å²) in [6.07, 6.45) is 0. The van der Waals surface area contributed by atoms with E-state index in [1.54, 1.807) is 0 Å².